The van der Waals surface area contributed by atoms with Crippen LogP contribution in [0.3, 0.4) is 0 Å². The fourth-order valence-corrected chi connectivity index (χ4v) is 2.15. The van der Waals surface area contributed by atoms with Gasteiger partial charge in [-0.15, -0.1) is 0 Å². The molecule has 7 N–H and O–H groups in total. The Labute approximate surface area is 113 Å². The Morgan fingerprint density at radius 3 is 1.95 bits per heavy atom. The molecule has 0 bridgehead atoms. The number of aliphatic hydroxyl groups is 7. The fraction of sp³-hybridized carbons (Fsp3) is 1.00. The first-order valence-electron chi connectivity index (χ1n) is 6.01. The lowest BCUT2D eigenvalue weighted by Crippen LogP contribution is -2.50. The Balaban J connectivity index is 2.06. The highest BCUT2D eigenvalue weighted by molar-refractivity contribution is 4.93. The molecule has 10 nitrogen and oxygen atoms in total. The van der Waals surface area contributed by atoms with Gasteiger partial charge < -0.3 is 45.2 Å². The molecule has 2 heterocycles. The quantitative estimate of drug-likeness (QED) is 0.250. The van der Waals surface area contributed by atoms with Crippen molar-refractivity contribution in [1.29, 1.82) is 0 Å². The van der Waals surface area contributed by atoms with Crippen molar-refractivity contribution in [3.05, 3.63) is 0 Å². The van der Waals surface area contributed by atoms with Crippen LogP contribution < -0.4 is 0 Å². The fourth-order valence-electron chi connectivity index (χ4n) is 2.15. The van der Waals surface area contributed by atoms with E-state index in [1.165, 1.54) is 0 Å². The third-order valence-electron chi connectivity index (χ3n) is 3.36. The molecule has 2 aliphatic heterocycles. The largest absolute Gasteiger partial charge is 0.394 e. The normalized spacial score (nSPS) is 52.6. The molecule has 8 atom stereocenters. The van der Waals surface area contributed by atoms with Crippen molar-refractivity contribution in [3.8, 4) is 0 Å². The van der Waals surface area contributed by atoms with Crippen LogP contribution in [0.2, 0.25) is 0 Å². The lowest BCUT2D eigenvalue weighted by atomic mass is 10.1. The maximum absolute atomic E-state index is 9.95. The molecular weight excluding hydrogens is 280 g/mol. The second kappa shape index (κ2) is 5.77. The van der Waals surface area contributed by atoms with Crippen molar-refractivity contribution in [2.75, 3.05) is 13.2 Å². The van der Waals surface area contributed by atoms with E-state index in [1.54, 1.807) is 0 Å². The molecule has 0 aromatic carbocycles. The molecule has 2 fully saturated rings. The molecule has 0 radical (unpaired) electrons. The van der Waals surface area contributed by atoms with E-state index in [4.69, 9.17) is 24.4 Å². The second-order valence-electron chi connectivity index (χ2n) is 4.73. The number of hydrogen-bond acceptors (Lipinski definition) is 10. The van der Waals surface area contributed by atoms with Gasteiger partial charge in [0, 0.05) is 0 Å². The molecule has 0 aromatic heterocycles. The van der Waals surface area contributed by atoms with Gasteiger partial charge in [-0.25, -0.2) is 0 Å². The van der Waals surface area contributed by atoms with E-state index in [-0.39, 0.29) is 0 Å². The topological polar surface area (TPSA) is 169 Å². The summed E-state index contributed by atoms with van der Waals surface area (Å²) in [5.41, 5.74) is 0. The minimum Gasteiger partial charge on any atom is -0.394 e. The van der Waals surface area contributed by atoms with Crippen LogP contribution in [0.25, 0.3) is 0 Å². The zero-order valence-corrected chi connectivity index (χ0v) is 10.3. The predicted molar refractivity (Wildman–Crippen MR) is 57.8 cm³/mol. The van der Waals surface area contributed by atoms with Gasteiger partial charge in [0.2, 0.25) is 0 Å². The summed E-state index contributed by atoms with van der Waals surface area (Å²) in [5.74, 6) is -2.72. The Morgan fingerprint density at radius 2 is 1.50 bits per heavy atom. The molecule has 2 aliphatic rings. The van der Waals surface area contributed by atoms with E-state index in [0.717, 1.165) is 0 Å². The summed E-state index contributed by atoms with van der Waals surface area (Å²) in [5, 5.41) is 66.1. The maximum Gasteiger partial charge on any atom is 0.313 e. The molecule has 0 amide bonds. The maximum atomic E-state index is 9.95. The van der Waals surface area contributed by atoms with Crippen molar-refractivity contribution < 1.29 is 50.0 Å². The first-order valence-corrected chi connectivity index (χ1v) is 6.01. The summed E-state index contributed by atoms with van der Waals surface area (Å²) in [4.78, 5) is 0. The standard InChI is InChI=1S/C10H18O10/c11-1-3-5(13)7(15)9(18-3)20-10(17)8(16)6(14)4(2-12)19-10/h3-9,11-17H,1-2H2/t3-,4-,5-,6-,7-,8-,9-,10?/m0/s1. The van der Waals surface area contributed by atoms with Gasteiger partial charge in [0.05, 0.1) is 13.2 Å². The van der Waals surface area contributed by atoms with Crippen LogP contribution in [-0.2, 0) is 14.2 Å². The summed E-state index contributed by atoms with van der Waals surface area (Å²) in [6, 6.07) is 0. The molecule has 0 spiro atoms. The highest BCUT2D eigenvalue weighted by Gasteiger charge is 2.58. The molecule has 1 unspecified atom stereocenters. The molecule has 2 rings (SSSR count). The van der Waals surface area contributed by atoms with Gasteiger partial charge in [-0.3, -0.25) is 4.74 Å². The smallest absolute Gasteiger partial charge is 0.313 e. The molecule has 0 aromatic rings. The summed E-state index contributed by atoms with van der Waals surface area (Å²) in [6.45, 7) is -1.28. The zero-order chi connectivity index (χ0) is 15.1. The number of hydrogen-bond donors (Lipinski definition) is 7. The van der Waals surface area contributed by atoms with Crippen LogP contribution in [0, 0.1) is 0 Å². The third-order valence-corrected chi connectivity index (χ3v) is 3.36. The lowest BCUT2D eigenvalue weighted by Gasteiger charge is -2.29. The third kappa shape index (κ3) is 2.55. The molecule has 118 valence electrons. The van der Waals surface area contributed by atoms with E-state index in [2.05, 4.69) is 0 Å². The molecule has 2 saturated heterocycles. The summed E-state index contributed by atoms with van der Waals surface area (Å²) in [7, 11) is 0. The monoisotopic (exact) mass is 298 g/mol. The summed E-state index contributed by atoms with van der Waals surface area (Å²) in [6.07, 6.45) is -10.6. The molecular formula is C10H18O10. The van der Waals surface area contributed by atoms with Gasteiger partial charge in [0.15, 0.2) is 12.4 Å². The molecule has 0 saturated carbocycles. The Morgan fingerprint density at radius 1 is 0.900 bits per heavy atom. The van der Waals surface area contributed by atoms with Gasteiger partial charge in [0.25, 0.3) is 0 Å². The molecule has 20 heavy (non-hydrogen) atoms. The van der Waals surface area contributed by atoms with Gasteiger partial charge >= 0.3 is 5.97 Å². The average Bonchev–Trinajstić information content (AvgIpc) is 2.81. The Kier molecular flexibility index (Phi) is 4.61. The van der Waals surface area contributed by atoms with E-state index < -0.39 is 62.1 Å². The Bertz CT molecular complexity index is 340. The highest BCUT2D eigenvalue weighted by Crippen LogP contribution is 2.34. The predicted octanol–water partition coefficient (Wildman–Crippen LogP) is -4.80. The van der Waals surface area contributed by atoms with Crippen LogP contribution in [-0.4, -0.2) is 97.8 Å². The lowest BCUT2D eigenvalue weighted by molar-refractivity contribution is -0.420. The molecule has 0 aliphatic carbocycles. The van der Waals surface area contributed by atoms with Gasteiger partial charge in [-0.2, -0.15) is 0 Å². The number of ether oxygens (including phenoxy) is 3. The van der Waals surface area contributed by atoms with Gasteiger partial charge in [-0.05, 0) is 0 Å². The van der Waals surface area contributed by atoms with Gasteiger partial charge in [0.1, 0.15) is 30.5 Å². The molecule has 10 heteroatoms. The van der Waals surface area contributed by atoms with Crippen LogP contribution in [0.5, 0.6) is 0 Å². The highest BCUT2D eigenvalue weighted by atomic mass is 16.9. The number of rotatable bonds is 4. The van der Waals surface area contributed by atoms with Crippen LogP contribution >= 0.6 is 0 Å². The second-order valence-corrected chi connectivity index (χ2v) is 4.73. The van der Waals surface area contributed by atoms with E-state index >= 15 is 0 Å². The van der Waals surface area contributed by atoms with E-state index in [9.17, 15) is 25.5 Å². The summed E-state index contributed by atoms with van der Waals surface area (Å²) < 4.78 is 14.6. The first kappa shape index (κ1) is 16.0. The van der Waals surface area contributed by atoms with E-state index in [0.29, 0.717) is 0 Å². The first-order chi connectivity index (χ1) is 9.34. The van der Waals surface area contributed by atoms with Crippen molar-refractivity contribution in [3.63, 3.8) is 0 Å². The van der Waals surface area contributed by atoms with E-state index in [1.807, 2.05) is 0 Å². The minimum atomic E-state index is -2.72. The Hall–Kier alpha value is -0.400. The van der Waals surface area contributed by atoms with Crippen molar-refractivity contribution >= 4 is 0 Å². The minimum absolute atomic E-state index is 0.595. The van der Waals surface area contributed by atoms with Crippen LogP contribution in [0.1, 0.15) is 0 Å². The van der Waals surface area contributed by atoms with Crippen molar-refractivity contribution in [2.45, 2.75) is 48.9 Å². The van der Waals surface area contributed by atoms with Crippen LogP contribution in [0.4, 0.5) is 0 Å². The van der Waals surface area contributed by atoms with Crippen molar-refractivity contribution in [2.24, 2.45) is 0 Å². The zero-order valence-electron chi connectivity index (χ0n) is 10.3. The van der Waals surface area contributed by atoms with Crippen molar-refractivity contribution in [1.82, 2.24) is 0 Å². The number of aliphatic hydroxyl groups excluding tert-OH is 6. The SMILES string of the molecule is OC[C@@H]1O[C@@H](OC2(O)O[C@@H](CO)[C@H](O)[C@@H]2O)[C@@H](O)[C@H]1O. The average molecular weight is 298 g/mol. The van der Waals surface area contributed by atoms with Gasteiger partial charge in [-0.1, -0.05) is 0 Å². The van der Waals surface area contributed by atoms with Crippen LogP contribution in [0.15, 0.2) is 0 Å². The summed E-state index contributed by atoms with van der Waals surface area (Å²) >= 11 is 0.